The minimum absolute atomic E-state index is 0.425. The summed E-state index contributed by atoms with van der Waals surface area (Å²) in [5.41, 5.74) is 8.07. The van der Waals surface area contributed by atoms with Crippen LogP contribution in [0.15, 0.2) is 29.3 Å². The van der Waals surface area contributed by atoms with Gasteiger partial charge in [-0.3, -0.25) is 4.99 Å². The molecule has 4 heteroatoms. The fourth-order valence-electron chi connectivity index (χ4n) is 2.62. The lowest BCUT2D eigenvalue weighted by Crippen LogP contribution is -2.23. The Labute approximate surface area is 127 Å². The zero-order chi connectivity index (χ0) is 14.9. The first-order chi connectivity index (χ1) is 10.2. The number of nitrogens with zero attached hydrogens (tertiary/aromatic N) is 1. The Morgan fingerprint density at radius 2 is 1.86 bits per heavy atom. The summed E-state index contributed by atoms with van der Waals surface area (Å²) in [6, 6.07) is 8.09. The summed E-state index contributed by atoms with van der Waals surface area (Å²) in [6.45, 7) is 3.33. The summed E-state index contributed by atoms with van der Waals surface area (Å²) >= 11 is 0. The molecule has 0 heterocycles. The number of hydrogen-bond acceptors (Lipinski definition) is 2. The zero-order valence-electron chi connectivity index (χ0n) is 13.0. The maximum atomic E-state index is 5.89. The van der Waals surface area contributed by atoms with Gasteiger partial charge in [0.15, 0.2) is 5.96 Å². The van der Waals surface area contributed by atoms with Crippen LogP contribution in [0.25, 0.3) is 0 Å². The van der Waals surface area contributed by atoms with E-state index in [4.69, 9.17) is 10.5 Å². The van der Waals surface area contributed by atoms with E-state index in [1.54, 1.807) is 0 Å². The van der Waals surface area contributed by atoms with Crippen LogP contribution in [0.4, 0.5) is 5.69 Å². The Bertz CT molecular complexity index is 434. The van der Waals surface area contributed by atoms with Gasteiger partial charge < -0.3 is 15.8 Å². The Balaban J connectivity index is 1.67. The number of rotatable bonds is 5. The topological polar surface area (TPSA) is 59.6 Å². The van der Waals surface area contributed by atoms with E-state index in [-0.39, 0.29) is 0 Å². The number of hydrogen-bond donors (Lipinski definition) is 2. The van der Waals surface area contributed by atoms with Crippen LogP contribution >= 0.6 is 0 Å². The highest BCUT2D eigenvalue weighted by Gasteiger charge is 2.11. The molecule has 4 nitrogen and oxygen atoms in total. The molecular formula is C17H27N3O. The average molecular weight is 289 g/mol. The smallest absolute Gasteiger partial charge is 0.193 e. The molecule has 1 aliphatic rings. The van der Waals surface area contributed by atoms with E-state index in [0.717, 1.165) is 5.69 Å². The van der Waals surface area contributed by atoms with Crippen LogP contribution < -0.4 is 11.1 Å². The fraction of sp³-hybridized carbons (Fsp3) is 0.588. The van der Waals surface area contributed by atoms with Gasteiger partial charge in [-0.25, -0.2) is 0 Å². The van der Waals surface area contributed by atoms with E-state index in [0.29, 0.717) is 25.2 Å². The second kappa shape index (κ2) is 8.67. The highest BCUT2D eigenvalue weighted by atomic mass is 16.5. The number of anilines is 1. The van der Waals surface area contributed by atoms with Crippen molar-refractivity contribution >= 4 is 11.6 Å². The van der Waals surface area contributed by atoms with Crippen LogP contribution in [-0.2, 0) is 4.74 Å². The summed E-state index contributed by atoms with van der Waals surface area (Å²) in [4.78, 5) is 4.31. The minimum atomic E-state index is 0.425. The number of benzene rings is 1. The number of guanidine groups is 1. The maximum Gasteiger partial charge on any atom is 0.193 e. The predicted molar refractivity (Wildman–Crippen MR) is 88.7 cm³/mol. The predicted octanol–water partition coefficient (Wildman–Crippen LogP) is 3.46. The van der Waals surface area contributed by atoms with Crippen molar-refractivity contribution in [2.75, 3.05) is 18.5 Å². The molecule has 0 aromatic heterocycles. The minimum Gasteiger partial charge on any atom is -0.376 e. The van der Waals surface area contributed by atoms with Gasteiger partial charge >= 0.3 is 0 Å². The van der Waals surface area contributed by atoms with Crippen molar-refractivity contribution in [2.45, 2.75) is 51.6 Å². The van der Waals surface area contributed by atoms with E-state index >= 15 is 0 Å². The standard InChI is InChI=1S/C17H27N3O/c1-14-8-10-15(11-9-14)20-17(18)19-12-13-21-16-6-4-2-3-5-7-16/h8-11,16H,2-7,12-13H2,1H3,(H3,18,19,20). The molecule has 3 N–H and O–H groups in total. The second-order valence-corrected chi connectivity index (χ2v) is 5.74. The van der Waals surface area contributed by atoms with Gasteiger partial charge in [-0.05, 0) is 31.9 Å². The molecule has 0 atom stereocenters. The molecule has 0 saturated heterocycles. The third-order valence-electron chi connectivity index (χ3n) is 3.85. The summed E-state index contributed by atoms with van der Waals surface area (Å²) < 4.78 is 5.89. The Morgan fingerprint density at radius 3 is 2.52 bits per heavy atom. The van der Waals surface area contributed by atoms with E-state index in [1.165, 1.54) is 44.1 Å². The summed E-state index contributed by atoms with van der Waals surface area (Å²) in [6.07, 6.45) is 8.11. The van der Waals surface area contributed by atoms with Crippen LogP contribution in [0.3, 0.4) is 0 Å². The van der Waals surface area contributed by atoms with Crippen LogP contribution in [0.5, 0.6) is 0 Å². The number of ether oxygens (including phenoxy) is 1. The quantitative estimate of drug-likeness (QED) is 0.378. The molecule has 0 amide bonds. The lowest BCUT2D eigenvalue weighted by atomic mass is 10.1. The van der Waals surface area contributed by atoms with E-state index < -0.39 is 0 Å². The highest BCUT2D eigenvalue weighted by Crippen LogP contribution is 2.19. The molecule has 2 rings (SSSR count). The Kier molecular flexibility index (Phi) is 6.54. The monoisotopic (exact) mass is 289 g/mol. The van der Waals surface area contributed by atoms with Crippen LogP contribution in [0.1, 0.15) is 44.1 Å². The third kappa shape index (κ3) is 6.17. The second-order valence-electron chi connectivity index (χ2n) is 5.74. The molecule has 0 spiro atoms. The molecule has 1 fully saturated rings. The molecule has 21 heavy (non-hydrogen) atoms. The van der Waals surface area contributed by atoms with Crippen molar-refractivity contribution in [1.29, 1.82) is 0 Å². The third-order valence-corrected chi connectivity index (χ3v) is 3.85. The Morgan fingerprint density at radius 1 is 1.19 bits per heavy atom. The van der Waals surface area contributed by atoms with Crippen molar-refractivity contribution in [1.82, 2.24) is 0 Å². The van der Waals surface area contributed by atoms with Gasteiger partial charge in [0.1, 0.15) is 0 Å². The van der Waals surface area contributed by atoms with Gasteiger partial charge in [0.25, 0.3) is 0 Å². The lowest BCUT2D eigenvalue weighted by molar-refractivity contribution is 0.0487. The van der Waals surface area contributed by atoms with Gasteiger partial charge in [0.2, 0.25) is 0 Å². The zero-order valence-corrected chi connectivity index (χ0v) is 13.0. The average Bonchev–Trinajstić information content (AvgIpc) is 2.75. The molecule has 0 unspecified atom stereocenters. The van der Waals surface area contributed by atoms with Crippen molar-refractivity contribution in [3.63, 3.8) is 0 Å². The first-order valence-corrected chi connectivity index (χ1v) is 7.99. The Hall–Kier alpha value is -1.55. The van der Waals surface area contributed by atoms with Gasteiger partial charge in [-0.2, -0.15) is 0 Å². The van der Waals surface area contributed by atoms with Gasteiger partial charge in [0.05, 0.1) is 19.3 Å². The normalized spacial score (nSPS) is 17.5. The van der Waals surface area contributed by atoms with E-state index in [1.807, 2.05) is 24.3 Å². The first-order valence-electron chi connectivity index (χ1n) is 7.99. The number of nitrogens with two attached hydrogens (primary N) is 1. The van der Waals surface area contributed by atoms with Gasteiger partial charge in [0, 0.05) is 5.69 Å². The number of aliphatic imine (C=N–C) groups is 1. The first kappa shape index (κ1) is 15.8. The molecule has 1 aliphatic carbocycles. The van der Waals surface area contributed by atoms with Crippen LogP contribution in [0.2, 0.25) is 0 Å². The van der Waals surface area contributed by atoms with E-state index in [9.17, 15) is 0 Å². The van der Waals surface area contributed by atoms with Crippen molar-refractivity contribution in [3.05, 3.63) is 29.8 Å². The van der Waals surface area contributed by atoms with Crippen molar-refractivity contribution in [3.8, 4) is 0 Å². The largest absolute Gasteiger partial charge is 0.376 e. The summed E-state index contributed by atoms with van der Waals surface area (Å²) in [7, 11) is 0. The van der Waals surface area contributed by atoms with Crippen LogP contribution in [0, 0.1) is 6.92 Å². The molecule has 1 saturated carbocycles. The molecule has 0 radical (unpaired) electrons. The van der Waals surface area contributed by atoms with Gasteiger partial charge in [-0.1, -0.05) is 43.4 Å². The number of aryl methyl sites for hydroxylation is 1. The van der Waals surface area contributed by atoms with Crippen LogP contribution in [-0.4, -0.2) is 25.2 Å². The van der Waals surface area contributed by atoms with Crippen molar-refractivity contribution < 1.29 is 4.74 Å². The fourth-order valence-corrected chi connectivity index (χ4v) is 2.62. The highest BCUT2D eigenvalue weighted by molar-refractivity contribution is 5.92. The van der Waals surface area contributed by atoms with Crippen molar-refractivity contribution in [2.24, 2.45) is 10.7 Å². The molecular weight excluding hydrogens is 262 g/mol. The molecule has 0 bridgehead atoms. The lowest BCUT2D eigenvalue weighted by Gasteiger charge is -2.14. The SMILES string of the molecule is Cc1ccc(NC(N)=NCCOC2CCCCCC2)cc1. The summed E-state index contributed by atoms with van der Waals surface area (Å²) in [5.74, 6) is 0.448. The van der Waals surface area contributed by atoms with E-state index in [2.05, 4.69) is 17.2 Å². The molecule has 1 aromatic rings. The number of nitrogens with one attached hydrogen (secondary N) is 1. The molecule has 0 aliphatic heterocycles. The molecule has 116 valence electrons. The summed E-state index contributed by atoms with van der Waals surface area (Å²) in [5, 5.41) is 3.09. The maximum absolute atomic E-state index is 5.89. The van der Waals surface area contributed by atoms with Gasteiger partial charge in [-0.15, -0.1) is 0 Å². The molecule has 1 aromatic carbocycles.